The van der Waals surface area contributed by atoms with Crippen molar-refractivity contribution < 1.29 is 24.1 Å². The second kappa shape index (κ2) is 5.46. The maximum absolute atomic E-state index is 12.8. The van der Waals surface area contributed by atoms with Crippen LogP contribution in [0.15, 0.2) is 18.2 Å². The van der Waals surface area contributed by atoms with Gasteiger partial charge in [0.2, 0.25) is 0 Å². The molecule has 0 radical (unpaired) electrons. The number of carboxylic acids is 1. The van der Waals surface area contributed by atoms with Crippen LogP contribution in [0.5, 0.6) is 5.75 Å². The number of aliphatic hydroxyl groups is 1. The number of hydrogen-bond donors (Lipinski definition) is 2. The average Bonchev–Trinajstić information content (AvgIpc) is 2.26. The molecule has 1 aromatic carbocycles. The third kappa shape index (κ3) is 3.20. The first-order valence-corrected chi connectivity index (χ1v) is 4.81. The van der Waals surface area contributed by atoms with Gasteiger partial charge < -0.3 is 14.9 Å². The van der Waals surface area contributed by atoms with Crippen molar-refractivity contribution in [3.05, 3.63) is 29.6 Å². The maximum atomic E-state index is 12.8. The maximum Gasteiger partial charge on any atom is 0.339 e. The predicted molar refractivity (Wildman–Crippen MR) is 55.1 cm³/mol. The van der Waals surface area contributed by atoms with Gasteiger partial charge in [-0.1, -0.05) is 6.92 Å². The Labute approximate surface area is 92.3 Å². The molecule has 0 bridgehead atoms. The first kappa shape index (κ1) is 12.4. The standard InChI is InChI=1S/C11H13FO4/c1-7(5-13)6-16-10-3-2-8(12)4-9(10)11(14)15/h2-4,7,13H,5-6H2,1H3,(H,14,15). The zero-order valence-electron chi connectivity index (χ0n) is 8.81. The highest BCUT2D eigenvalue weighted by molar-refractivity contribution is 5.90. The van der Waals surface area contributed by atoms with Gasteiger partial charge in [-0.25, -0.2) is 9.18 Å². The lowest BCUT2D eigenvalue weighted by Gasteiger charge is -2.12. The number of ether oxygens (including phenoxy) is 1. The van der Waals surface area contributed by atoms with Gasteiger partial charge in [-0.3, -0.25) is 0 Å². The number of halogens is 1. The van der Waals surface area contributed by atoms with Crippen molar-refractivity contribution in [1.82, 2.24) is 0 Å². The molecule has 2 N–H and O–H groups in total. The van der Waals surface area contributed by atoms with Crippen LogP contribution in [0.1, 0.15) is 17.3 Å². The van der Waals surface area contributed by atoms with Crippen molar-refractivity contribution in [2.45, 2.75) is 6.92 Å². The molecule has 0 amide bonds. The minimum atomic E-state index is -1.24. The van der Waals surface area contributed by atoms with E-state index in [1.165, 1.54) is 6.07 Å². The molecule has 4 nitrogen and oxygen atoms in total. The van der Waals surface area contributed by atoms with E-state index in [0.29, 0.717) is 0 Å². The first-order chi connectivity index (χ1) is 7.54. The Bertz CT molecular complexity index is 378. The van der Waals surface area contributed by atoms with Crippen LogP contribution < -0.4 is 4.74 Å². The molecule has 88 valence electrons. The fourth-order valence-corrected chi connectivity index (χ4v) is 1.08. The molecule has 0 aliphatic rings. The lowest BCUT2D eigenvalue weighted by molar-refractivity contribution is 0.0690. The van der Waals surface area contributed by atoms with Crippen molar-refractivity contribution in [2.24, 2.45) is 5.92 Å². The third-order valence-corrected chi connectivity index (χ3v) is 2.01. The van der Waals surface area contributed by atoms with E-state index in [9.17, 15) is 9.18 Å². The quantitative estimate of drug-likeness (QED) is 0.802. The van der Waals surface area contributed by atoms with Crippen LogP contribution in [-0.2, 0) is 0 Å². The van der Waals surface area contributed by atoms with Gasteiger partial charge in [-0.2, -0.15) is 0 Å². The van der Waals surface area contributed by atoms with E-state index in [2.05, 4.69) is 0 Å². The average molecular weight is 228 g/mol. The molecule has 16 heavy (non-hydrogen) atoms. The highest BCUT2D eigenvalue weighted by Crippen LogP contribution is 2.20. The first-order valence-electron chi connectivity index (χ1n) is 4.81. The number of aromatic carboxylic acids is 1. The summed E-state index contributed by atoms with van der Waals surface area (Å²) in [5.41, 5.74) is -0.217. The van der Waals surface area contributed by atoms with Crippen LogP contribution in [0.25, 0.3) is 0 Å². The molecular formula is C11H13FO4. The molecule has 0 heterocycles. The fourth-order valence-electron chi connectivity index (χ4n) is 1.08. The smallest absolute Gasteiger partial charge is 0.339 e. The van der Waals surface area contributed by atoms with Gasteiger partial charge >= 0.3 is 5.97 Å². The monoisotopic (exact) mass is 228 g/mol. The van der Waals surface area contributed by atoms with Crippen molar-refractivity contribution in [2.75, 3.05) is 13.2 Å². The number of hydrogen-bond acceptors (Lipinski definition) is 3. The molecule has 0 saturated heterocycles. The van der Waals surface area contributed by atoms with Crippen molar-refractivity contribution in [1.29, 1.82) is 0 Å². The van der Waals surface area contributed by atoms with E-state index >= 15 is 0 Å². The Balaban J connectivity index is 2.82. The summed E-state index contributed by atoms with van der Waals surface area (Å²) in [6, 6.07) is 3.30. The summed E-state index contributed by atoms with van der Waals surface area (Å²) in [6.07, 6.45) is 0. The zero-order valence-corrected chi connectivity index (χ0v) is 8.81. The van der Waals surface area contributed by atoms with Crippen LogP contribution in [0.3, 0.4) is 0 Å². The Morgan fingerprint density at radius 1 is 1.56 bits per heavy atom. The van der Waals surface area contributed by atoms with Gasteiger partial charge in [0.25, 0.3) is 0 Å². The number of rotatable bonds is 5. The van der Waals surface area contributed by atoms with E-state index in [1.807, 2.05) is 0 Å². The van der Waals surface area contributed by atoms with E-state index in [-0.39, 0.29) is 30.4 Å². The Morgan fingerprint density at radius 2 is 2.25 bits per heavy atom. The summed E-state index contributed by atoms with van der Waals surface area (Å²) in [7, 11) is 0. The highest BCUT2D eigenvalue weighted by Gasteiger charge is 2.13. The van der Waals surface area contributed by atoms with Crippen LogP contribution in [-0.4, -0.2) is 29.4 Å². The molecular weight excluding hydrogens is 215 g/mol. The zero-order chi connectivity index (χ0) is 12.1. The molecule has 1 atom stereocenters. The van der Waals surface area contributed by atoms with Crippen LogP contribution >= 0.6 is 0 Å². The van der Waals surface area contributed by atoms with Gasteiger partial charge in [-0.05, 0) is 18.2 Å². The second-order valence-corrected chi connectivity index (χ2v) is 3.54. The number of carbonyl (C=O) groups is 1. The Kier molecular flexibility index (Phi) is 4.25. The SMILES string of the molecule is CC(CO)COc1ccc(F)cc1C(=O)O. The minimum absolute atomic E-state index is 0.0520. The predicted octanol–water partition coefficient (Wildman–Crippen LogP) is 1.53. The second-order valence-electron chi connectivity index (χ2n) is 3.54. The van der Waals surface area contributed by atoms with Gasteiger partial charge in [-0.15, -0.1) is 0 Å². The Morgan fingerprint density at radius 3 is 2.81 bits per heavy atom. The van der Waals surface area contributed by atoms with E-state index in [1.54, 1.807) is 6.92 Å². The van der Waals surface area contributed by atoms with Gasteiger partial charge in [0.05, 0.1) is 6.61 Å². The topological polar surface area (TPSA) is 66.8 Å². The molecule has 1 rings (SSSR count). The molecule has 0 aromatic heterocycles. The summed E-state index contributed by atoms with van der Waals surface area (Å²) in [5, 5.41) is 17.6. The van der Waals surface area contributed by atoms with Gasteiger partial charge in [0, 0.05) is 12.5 Å². The van der Waals surface area contributed by atoms with Crippen molar-refractivity contribution in [3.8, 4) is 5.75 Å². The molecule has 0 saturated carbocycles. The van der Waals surface area contributed by atoms with Gasteiger partial charge in [0.1, 0.15) is 17.1 Å². The fraction of sp³-hybridized carbons (Fsp3) is 0.364. The lowest BCUT2D eigenvalue weighted by atomic mass is 10.2. The molecule has 0 spiro atoms. The molecule has 5 heteroatoms. The van der Waals surface area contributed by atoms with Crippen molar-refractivity contribution >= 4 is 5.97 Å². The minimum Gasteiger partial charge on any atom is -0.492 e. The summed E-state index contributed by atoms with van der Waals surface area (Å²) in [6.45, 7) is 1.88. The molecule has 0 fully saturated rings. The highest BCUT2D eigenvalue weighted by atomic mass is 19.1. The number of carboxylic acid groups (broad SMARTS) is 1. The van der Waals surface area contributed by atoms with Gasteiger partial charge in [0.15, 0.2) is 0 Å². The number of benzene rings is 1. The normalized spacial score (nSPS) is 12.2. The lowest BCUT2D eigenvalue weighted by Crippen LogP contribution is -2.14. The molecule has 0 aliphatic carbocycles. The van der Waals surface area contributed by atoms with E-state index < -0.39 is 11.8 Å². The summed E-state index contributed by atoms with van der Waals surface area (Å²) < 4.78 is 18.0. The van der Waals surface area contributed by atoms with Crippen LogP contribution in [0.4, 0.5) is 4.39 Å². The largest absolute Gasteiger partial charge is 0.492 e. The molecule has 0 aliphatic heterocycles. The van der Waals surface area contributed by atoms with Crippen molar-refractivity contribution in [3.63, 3.8) is 0 Å². The Hall–Kier alpha value is -1.62. The summed E-state index contributed by atoms with van der Waals surface area (Å²) in [5.74, 6) is -1.87. The number of aliphatic hydroxyl groups excluding tert-OH is 1. The van der Waals surface area contributed by atoms with Crippen LogP contribution in [0, 0.1) is 11.7 Å². The van der Waals surface area contributed by atoms with E-state index in [0.717, 1.165) is 12.1 Å². The van der Waals surface area contributed by atoms with Crippen LogP contribution in [0.2, 0.25) is 0 Å². The van der Waals surface area contributed by atoms with E-state index in [4.69, 9.17) is 14.9 Å². The molecule has 1 aromatic rings. The summed E-state index contributed by atoms with van der Waals surface area (Å²) in [4.78, 5) is 10.8. The summed E-state index contributed by atoms with van der Waals surface area (Å²) >= 11 is 0. The third-order valence-electron chi connectivity index (χ3n) is 2.01. The molecule has 1 unspecified atom stereocenters.